The first-order valence-corrected chi connectivity index (χ1v) is 5.42. The Morgan fingerprint density at radius 2 is 2.18 bits per heavy atom. The summed E-state index contributed by atoms with van der Waals surface area (Å²) < 4.78 is 3.42. The summed E-state index contributed by atoms with van der Waals surface area (Å²) in [6.45, 7) is 2.74. The van der Waals surface area contributed by atoms with Gasteiger partial charge in [-0.2, -0.15) is 10.2 Å². The lowest BCUT2D eigenvalue weighted by atomic mass is 10.2. The lowest BCUT2D eigenvalue weighted by molar-refractivity contribution is 0.104. The van der Waals surface area contributed by atoms with Gasteiger partial charge in [-0.1, -0.05) is 0 Å². The second-order valence-corrected chi connectivity index (χ2v) is 3.73. The molecule has 0 radical (unpaired) electrons. The molecule has 0 fully saturated rings. The smallest absolute Gasteiger partial charge is 0.189 e. The number of aryl methyl sites for hydroxylation is 2. The Bertz CT molecular complexity index is 550. The molecule has 0 amide bonds. The van der Waals surface area contributed by atoms with Gasteiger partial charge in [0.1, 0.15) is 0 Å². The summed E-state index contributed by atoms with van der Waals surface area (Å²) >= 11 is 0. The van der Waals surface area contributed by atoms with Crippen LogP contribution in [-0.4, -0.2) is 25.3 Å². The summed E-state index contributed by atoms with van der Waals surface area (Å²) in [5.41, 5.74) is 1.51. The summed E-state index contributed by atoms with van der Waals surface area (Å²) in [4.78, 5) is 11.8. The van der Waals surface area contributed by atoms with Crippen molar-refractivity contribution in [3.8, 4) is 0 Å². The lowest BCUT2D eigenvalue weighted by Gasteiger charge is -1.90. The molecule has 2 aromatic heterocycles. The molecule has 0 N–H and O–H groups in total. The number of hydrogen-bond acceptors (Lipinski definition) is 3. The minimum absolute atomic E-state index is 0.0476. The Balaban J connectivity index is 2.08. The fraction of sp³-hybridized carbons (Fsp3) is 0.250. The second kappa shape index (κ2) is 4.78. The second-order valence-electron chi connectivity index (χ2n) is 3.73. The molecule has 5 nitrogen and oxygen atoms in total. The molecule has 0 aliphatic carbocycles. The topological polar surface area (TPSA) is 52.7 Å². The molecule has 0 aromatic carbocycles. The zero-order valence-electron chi connectivity index (χ0n) is 9.87. The van der Waals surface area contributed by atoms with E-state index in [1.807, 2.05) is 20.2 Å². The maximum Gasteiger partial charge on any atom is 0.189 e. The van der Waals surface area contributed by atoms with Gasteiger partial charge in [-0.25, -0.2) is 0 Å². The molecule has 2 aromatic rings. The molecule has 0 bridgehead atoms. The van der Waals surface area contributed by atoms with Crippen LogP contribution in [0.15, 0.2) is 30.9 Å². The van der Waals surface area contributed by atoms with Crippen LogP contribution in [0.5, 0.6) is 0 Å². The van der Waals surface area contributed by atoms with Crippen molar-refractivity contribution in [2.45, 2.75) is 13.5 Å². The first-order valence-electron chi connectivity index (χ1n) is 5.42. The van der Waals surface area contributed by atoms with E-state index in [0.29, 0.717) is 5.56 Å². The van der Waals surface area contributed by atoms with Gasteiger partial charge in [0.15, 0.2) is 5.78 Å². The Labute approximate surface area is 99.4 Å². The molecule has 0 atom stereocenters. The molecule has 2 heterocycles. The Hall–Kier alpha value is -2.17. The molecule has 0 saturated heterocycles. The normalized spacial score (nSPS) is 11.2. The minimum Gasteiger partial charge on any atom is -0.289 e. The first-order chi connectivity index (χ1) is 8.19. The zero-order valence-corrected chi connectivity index (χ0v) is 9.87. The molecule has 2 rings (SSSR count). The third-order valence-electron chi connectivity index (χ3n) is 2.39. The van der Waals surface area contributed by atoms with E-state index in [1.54, 1.807) is 34.0 Å². The number of rotatable bonds is 4. The number of allylic oxidation sites excluding steroid dienone is 1. The van der Waals surface area contributed by atoms with Crippen LogP contribution in [-0.2, 0) is 13.6 Å². The van der Waals surface area contributed by atoms with Gasteiger partial charge >= 0.3 is 0 Å². The Kier molecular flexibility index (Phi) is 3.18. The van der Waals surface area contributed by atoms with Crippen LogP contribution in [0, 0.1) is 0 Å². The average molecular weight is 230 g/mol. The van der Waals surface area contributed by atoms with Gasteiger partial charge < -0.3 is 0 Å². The number of carbonyl (C=O) groups is 1. The maximum atomic E-state index is 11.8. The SMILES string of the molecule is CCn1cc(C(=O)/C=C/c2cnn(C)c2)cn1. The maximum absolute atomic E-state index is 11.8. The number of aromatic nitrogens is 4. The molecule has 88 valence electrons. The van der Waals surface area contributed by atoms with E-state index in [2.05, 4.69) is 10.2 Å². The third kappa shape index (κ3) is 2.69. The van der Waals surface area contributed by atoms with Gasteiger partial charge in [-0.15, -0.1) is 0 Å². The van der Waals surface area contributed by atoms with Crippen molar-refractivity contribution in [3.05, 3.63) is 42.0 Å². The molecular formula is C12H14N4O. The van der Waals surface area contributed by atoms with Crippen molar-refractivity contribution in [2.75, 3.05) is 0 Å². The summed E-state index contributed by atoms with van der Waals surface area (Å²) in [5.74, 6) is -0.0476. The average Bonchev–Trinajstić information content (AvgIpc) is 2.94. The molecule has 0 unspecified atom stereocenters. The summed E-state index contributed by atoms with van der Waals surface area (Å²) in [5, 5.41) is 8.08. The molecule has 5 heteroatoms. The highest BCUT2D eigenvalue weighted by Gasteiger charge is 2.04. The van der Waals surface area contributed by atoms with Gasteiger partial charge in [-0.3, -0.25) is 14.2 Å². The van der Waals surface area contributed by atoms with Crippen molar-refractivity contribution in [1.82, 2.24) is 19.6 Å². The molecule has 17 heavy (non-hydrogen) atoms. The van der Waals surface area contributed by atoms with E-state index in [0.717, 1.165) is 12.1 Å². The molecule has 0 saturated carbocycles. The third-order valence-corrected chi connectivity index (χ3v) is 2.39. The molecule has 0 aliphatic rings. The predicted molar refractivity (Wildman–Crippen MR) is 64.5 cm³/mol. The highest BCUT2D eigenvalue weighted by Crippen LogP contribution is 2.04. The Morgan fingerprint density at radius 3 is 2.76 bits per heavy atom. The standard InChI is InChI=1S/C12H14N4O/c1-3-16-9-11(7-14-16)12(17)5-4-10-6-13-15(2)8-10/h4-9H,3H2,1-2H3/b5-4+. The number of nitrogens with zero attached hydrogens (tertiary/aromatic N) is 4. The molecule has 0 spiro atoms. The monoisotopic (exact) mass is 230 g/mol. The predicted octanol–water partition coefficient (Wildman–Crippen LogP) is 1.53. The van der Waals surface area contributed by atoms with Gasteiger partial charge in [0, 0.05) is 31.5 Å². The van der Waals surface area contributed by atoms with Crippen LogP contribution >= 0.6 is 0 Å². The first kappa shape index (κ1) is 11.3. The van der Waals surface area contributed by atoms with E-state index in [4.69, 9.17) is 0 Å². The van der Waals surface area contributed by atoms with Crippen molar-refractivity contribution in [1.29, 1.82) is 0 Å². The van der Waals surface area contributed by atoms with Gasteiger partial charge in [0.2, 0.25) is 0 Å². The summed E-state index contributed by atoms with van der Waals surface area (Å²) in [6, 6.07) is 0. The van der Waals surface area contributed by atoms with Crippen LogP contribution in [0.25, 0.3) is 6.08 Å². The number of hydrogen-bond donors (Lipinski definition) is 0. The molecular weight excluding hydrogens is 216 g/mol. The van der Waals surface area contributed by atoms with Crippen molar-refractivity contribution < 1.29 is 4.79 Å². The van der Waals surface area contributed by atoms with Crippen LogP contribution in [0.3, 0.4) is 0 Å². The highest BCUT2D eigenvalue weighted by molar-refractivity contribution is 6.06. The van der Waals surface area contributed by atoms with Crippen LogP contribution in [0.1, 0.15) is 22.8 Å². The van der Waals surface area contributed by atoms with Crippen LogP contribution in [0.2, 0.25) is 0 Å². The van der Waals surface area contributed by atoms with E-state index in [9.17, 15) is 4.79 Å². The van der Waals surface area contributed by atoms with Crippen LogP contribution < -0.4 is 0 Å². The van der Waals surface area contributed by atoms with Crippen molar-refractivity contribution in [3.63, 3.8) is 0 Å². The fourth-order valence-corrected chi connectivity index (χ4v) is 1.46. The van der Waals surface area contributed by atoms with Crippen molar-refractivity contribution in [2.24, 2.45) is 7.05 Å². The Morgan fingerprint density at radius 1 is 1.35 bits per heavy atom. The highest BCUT2D eigenvalue weighted by atomic mass is 16.1. The van der Waals surface area contributed by atoms with Crippen LogP contribution in [0.4, 0.5) is 0 Å². The number of ketones is 1. The van der Waals surface area contributed by atoms with Gasteiger partial charge in [0.25, 0.3) is 0 Å². The van der Waals surface area contributed by atoms with E-state index < -0.39 is 0 Å². The van der Waals surface area contributed by atoms with Gasteiger partial charge in [-0.05, 0) is 19.1 Å². The van der Waals surface area contributed by atoms with E-state index >= 15 is 0 Å². The summed E-state index contributed by atoms with van der Waals surface area (Å²) in [6.07, 6.45) is 10.2. The fourth-order valence-electron chi connectivity index (χ4n) is 1.46. The van der Waals surface area contributed by atoms with Gasteiger partial charge in [0.05, 0.1) is 18.0 Å². The van der Waals surface area contributed by atoms with E-state index in [-0.39, 0.29) is 5.78 Å². The number of carbonyl (C=O) groups excluding carboxylic acids is 1. The quantitative estimate of drug-likeness (QED) is 0.591. The summed E-state index contributed by atoms with van der Waals surface area (Å²) in [7, 11) is 1.84. The van der Waals surface area contributed by atoms with Crippen molar-refractivity contribution >= 4 is 11.9 Å². The zero-order chi connectivity index (χ0) is 12.3. The minimum atomic E-state index is -0.0476. The largest absolute Gasteiger partial charge is 0.289 e. The lowest BCUT2D eigenvalue weighted by Crippen LogP contribution is -1.94. The molecule has 0 aliphatic heterocycles. The van der Waals surface area contributed by atoms with E-state index in [1.165, 1.54) is 6.08 Å².